The van der Waals surface area contributed by atoms with Crippen molar-refractivity contribution in [1.29, 1.82) is 0 Å². The van der Waals surface area contributed by atoms with E-state index in [0.29, 0.717) is 5.69 Å². The van der Waals surface area contributed by atoms with Crippen molar-refractivity contribution in [2.45, 2.75) is 6.92 Å². The van der Waals surface area contributed by atoms with Gasteiger partial charge in [-0.1, -0.05) is 22.0 Å². The first-order valence-electron chi connectivity index (χ1n) is 5.74. The maximum Gasteiger partial charge on any atom is 0.337 e. The Morgan fingerprint density at radius 3 is 2.65 bits per heavy atom. The molecule has 0 aromatic heterocycles. The van der Waals surface area contributed by atoms with Gasteiger partial charge in [-0.2, -0.15) is 0 Å². The SMILES string of the molecule is Cc1ccc(Br)cc1Nc1cc(C(=O)O)c(N)cc1F. The molecule has 0 bridgehead atoms. The quantitative estimate of drug-likeness (QED) is 0.741. The minimum absolute atomic E-state index is 0.0674. The van der Waals surface area contributed by atoms with Gasteiger partial charge in [-0.25, -0.2) is 9.18 Å². The van der Waals surface area contributed by atoms with Crippen LogP contribution in [-0.2, 0) is 0 Å². The van der Waals surface area contributed by atoms with Crippen LogP contribution in [0.3, 0.4) is 0 Å². The predicted octanol–water partition coefficient (Wildman–Crippen LogP) is 3.92. The van der Waals surface area contributed by atoms with Crippen molar-refractivity contribution < 1.29 is 14.3 Å². The van der Waals surface area contributed by atoms with Crippen molar-refractivity contribution >= 4 is 39.0 Å². The van der Waals surface area contributed by atoms with Gasteiger partial charge in [0.05, 0.1) is 11.3 Å². The summed E-state index contributed by atoms with van der Waals surface area (Å²) in [7, 11) is 0. The fraction of sp³-hybridized carbons (Fsp3) is 0.0714. The number of anilines is 3. The van der Waals surface area contributed by atoms with E-state index in [9.17, 15) is 9.18 Å². The zero-order chi connectivity index (χ0) is 14.9. The van der Waals surface area contributed by atoms with Crippen LogP contribution in [0.4, 0.5) is 21.5 Å². The molecule has 0 saturated heterocycles. The summed E-state index contributed by atoms with van der Waals surface area (Å²) >= 11 is 3.33. The molecule has 0 aliphatic heterocycles. The maximum absolute atomic E-state index is 13.9. The van der Waals surface area contributed by atoms with Crippen molar-refractivity contribution in [2.24, 2.45) is 0 Å². The Bertz CT molecular complexity index is 689. The zero-order valence-electron chi connectivity index (χ0n) is 10.6. The number of nitrogens with two attached hydrogens (primary N) is 1. The van der Waals surface area contributed by atoms with Crippen LogP contribution in [0, 0.1) is 12.7 Å². The molecule has 2 rings (SSSR count). The average molecular weight is 339 g/mol. The smallest absolute Gasteiger partial charge is 0.337 e. The highest BCUT2D eigenvalue weighted by atomic mass is 79.9. The number of carboxylic acid groups (broad SMARTS) is 1. The summed E-state index contributed by atoms with van der Waals surface area (Å²) in [5.74, 6) is -1.80. The molecule has 0 atom stereocenters. The number of hydrogen-bond acceptors (Lipinski definition) is 3. The molecule has 0 heterocycles. The van der Waals surface area contributed by atoms with Gasteiger partial charge in [0.25, 0.3) is 0 Å². The first-order chi connectivity index (χ1) is 9.38. The lowest BCUT2D eigenvalue weighted by Crippen LogP contribution is -2.05. The molecule has 0 spiro atoms. The van der Waals surface area contributed by atoms with Crippen LogP contribution in [0.25, 0.3) is 0 Å². The second-order valence-corrected chi connectivity index (χ2v) is 5.22. The summed E-state index contributed by atoms with van der Waals surface area (Å²) < 4.78 is 14.7. The van der Waals surface area contributed by atoms with E-state index in [1.165, 1.54) is 6.07 Å². The number of carboxylic acids is 1. The van der Waals surface area contributed by atoms with E-state index in [0.717, 1.165) is 16.1 Å². The molecule has 0 saturated carbocycles. The normalized spacial score (nSPS) is 10.3. The van der Waals surface area contributed by atoms with Gasteiger partial charge in [0, 0.05) is 15.8 Å². The fourth-order valence-corrected chi connectivity index (χ4v) is 2.10. The summed E-state index contributed by atoms with van der Waals surface area (Å²) in [6, 6.07) is 7.69. The molecular formula is C14H12BrFN2O2. The molecule has 4 nitrogen and oxygen atoms in total. The number of rotatable bonds is 3. The Morgan fingerprint density at radius 1 is 1.30 bits per heavy atom. The Kier molecular flexibility index (Phi) is 3.94. The number of nitrogen functional groups attached to an aromatic ring is 1. The van der Waals surface area contributed by atoms with E-state index in [4.69, 9.17) is 10.8 Å². The lowest BCUT2D eigenvalue weighted by molar-refractivity contribution is 0.0698. The molecule has 0 amide bonds. The first-order valence-corrected chi connectivity index (χ1v) is 6.53. The Hall–Kier alpha value is -2.08. The van der Waals surface area contributed by atoms with Gasteiger partial charge in [0.1, 0.15) is 5.82 Å². The van der Waals surface area contributed by atoms with Crippen molar-refractivity contribution in [3.63, 3.8) is 0 Å². The number of aromatic carboxylic acids is 1. The summed E-state index contributed by atoms with van der Waals surface area (Å²) in [6.45, 7) is 1.86. The van der Waals surface area contributed by atoms with Gasteiger partial charge < -0.3 is 16.2 Å². The highest BCUT2D eigenvalue weighted by Crippen LogP contribution is 2.28. The maximum atomic E-state index is 13.9. The lowest BCUT2D eigenvalue weighted by atomic mass is 10.1. The Balaban J connectivity index is 2.45. The number of carbonyl (C=O) groups is 1. The fourth-order valence-electron chi connectivity index (χ4n) is 1.74. The van der Waals surface area contributed by atoms with Gasteiger partial charge in [-0.3, -0.25) is 0 Å². The Morgan fingerprint density at radius 2 is 2.00 bits per heavy atom. The molecule has 0 radical (unpaired) electrons. The number of hydrogen-bond donors (Lipinski definition) is 3. The highest BCUT2D eigenvalue weighted by molar-refractivity contribution is 9.10. The summed E-state index contributed by atoms with van der Waals surface area (Å²) in [5, 5.41) is 11.9. The topological polar surface area (TPSA) is 75.3 Å². The third kappa shape index (κ3) is 2.91. The standard InChI is InChI=1S/C14H12BrFN2O2/c1-7-2-3-8(15)4-12(7)18-13-5-9(14(19)20)11(17)6-10(13)16/h2-6,18H,17H2,1H3,(H,19,20). The summed E-state index contributed by atoms with van der Waals surface area (Å²) in [4.78, 5) is 11.0. The number of aryl methyl sites for hydroxylation is 1. The van der Waals surface area contributed by atoms with Crippen LogP contribution in [-0.4, -0.2) is 11.1 Å². The molecule has 4 N–H and O–H groups in total. The van der Waals surface area contributed by atoms with Crippen LogP contribution in [0.2, 0.25) is 0 Å². The molecule has 2 aromatic carbocycles. The third-order valence-electron chi connectivity index (χ3n) is 2.84. The van der Waals surface area contributed by atoms with Crippen molar-refractivity contribution in [3.8, 4) is 0 Å². The number of halogens is 2. The molecule has 2 aromatic rings. The van der Waals surface area contributed by atoms with Crippen LogP contribution < -0.4 is 11.1 Å². The molecular weight excluding hydrogens is 327 g/mol. The summed E-state index contributed by atoms with van der Waals surface area (Å²) in [5.41, 5.74) is 6.89. The van der Waals surface area contributed by atoms with E-state index < -0.39 is 11.8 Å². The molecule has 20 heavy (non-hydrogen) atoms. The van der Waals surface area contributed by atoms with E-state index in [-0.39, 0.29) is 16.9 Å². The van der Waals surface area contributed by atoms with Crippen molar-refractivity contribution in [2.75, 3.05) is 11.1 Å². The summed E-state index contributed by atoms with van der Waals surface area (Å²) in [6.07, 6.45) is 0. The molecule has 104 valence electrons. The molecule has 0 unspecified atom stereocenters. The largest absolute Gasteiger partial charge is 0.478 e. The average Bonchev–Trinajstić information content (AvgIpc) is 2.36. The van der Waals surface area contributed by atoms with Crippen LogP contribution in [0.15, 0.2) is 34.8 Å². The Labute approximate surface area is 123 Å². The minimum atomic E-state index is -1.20. The van der Waals surface area contributed by atoms with Gasteiger partial charge >= 0.3 is 5.97 Å². The lowest BCUT2D eigenvalue weighted by Gasteiger charge is -2.12. The van der Waals surface area contributed by atoms with Gasteiger partial charge in [0.15, 0.2) is 0 Å². The number of benzene rings is 2. The molecule has 6 heteroatoms. The van der Waals surface area contributed by atoms with Crippen molar-refractivity contribution in [1.82, 2.24) is 0 Å². The van der Waals surface area contributed by atoms with Crippen LogP contribution in [0.5, 0.6) is 0 Å². The third-order valence-corrected chi connectivity index (χ3v) is 3.33. The second-order valence-electron chi connectivity index (χ2n) is 4.31. The van der Waals surface area contributed by atoms with Gasteiger partial charge in [-0.15, -0.1) is 0 Å². The highest BCUT2D eigenvalue weighted by Gasteiger charge is 2.14. The molecule has 0 aliphatic rings. The van der Waals surface area contributed by atoms with Crippen molar-refractivity contribution in [3.05, 3.63) is 51.7 Å². The van der Waals surface area contributed by atoms with Crippen LogP contribution >= 0.6 is 15.9 Å². The van der Waals surface area contributed by atoms with E-state index in [1.807, 2.05) is 19.1 Å². The van der Waals surface area contributed by atoms with E-state index >= 15 is 0 Å². The monoisotopic (exact) mass is 338 g/mol. The molecule has 0 aliphatic carbocycles. The first kappa shape index (κ1) is 14.3. The van der Waals surface area contributed by atoms with E-state index in [2.05, 4.69) is 21.2 Å². The van der Waals surface area contributed by atoms with Crippen LogP contribution in [0.1, 0.15) is 15.9 Å². The van der Waals surface area contributed by atoms with Gasteiger partial charge in [0.2, 0.25) is 0 Å². The van der Waals surface area contributed by atoms with Gasteiger partial charge in [-0.05, 0) is 36.8 Å². The van der Waals surface area contributed by atoms with E-state index in [1.54, 1.807) is 6.07 Å². The zero-order valence-corrected chi connectivity index (χ0v) is 12.2. The molecule has 0 fully saturated rings. The minimum Gasteiger partial charge on any atom is -0.478 e. The number of nitrogens with one attached hydrogen (secondary N) is 1. The predicted molar refractivity (Wildman–Crippen MR) is 79.9 cm³/mol. The second kappa shape index (κ2) is 5.50.